The maximum atomic E-state index is 10.9. The summed E-state index contributed by atoms with van der Waals surface area (Å²) in [6.45, 7) is 2.92. The number of methoxy groups -OCH3 is 1. The zero-order chi connectivity index (χ0) is 14.5. The average molecular weight is 289 g/mol. The van der Waals surface area contributed by atoms with Gasteiger partial charge in [-0.2, -0.15) is 0 Å². The van der Waals surface area contributed by atoms with Gasteiger partial charge in [-0.1, -0.05) is 6.07 Å². The van der Waals surface area contributed by atoms with Crippen LogP contribution in [0.2, 0.25) is 0 Å². The second-order valence-electron chi connectivity index (χ2n) is 4.80. The number of carbonyl (C=O) groups excluding carboxylic acids is 1. The molecule has 0 aliphatic heterocycles. The third-order valence-electron chi connectivity index (χ3n) is 3.48. The molecule has 0 spiro atoms. The van der Waals surface area contributed by atoms with E-state index in [-0.39, 0.29) is 0 Å². The van der Waals surface area contributed by atoms with Crippen molar-refractivity contribution in [3.63, 3.8) is 0 Å². The van der Waals surface area contributed by atoms with Crippen LogP contribution in [0.15, 0.2) is 35.7 Å². The minimum absolute atomic E-state index is 0.333. The highest BCUT2D eigenvalue weighted by atomic mass is 32.1. The van der Waals surface area contributed by atoms with E-state index in [2.05, 4.69) is 36.4 Å². The van der Waals surface area contributed by atoms with Crippen LogP contribution in [0.4, 0.5) is 0 Å². The molecular formula is C16H19NO2S. The van der Waals surface area contributed by atoms with Gasteiger partial charge in [-0.3, -0.25) is 9.69 Å². The predicted octanol–water partition coefficient (Wildman–Crippen LogP) is 3.76. The molecule has 2 aromatic rings. The van der Waals surface area contributed by atoms with Gasteiger partial charge in [-0.25, -0.2) is 0 Å². The van der Waals surface area contributed by atoms with E-state index in [4.69, 9.17) is 4.74 Å². The van der Waals surface area contributed by atoms with Gasteiger partial charge in [-0.05, 0) is 43.6 Å². The summed E-state index contributed by atoms with van der Waals surface area (Å²) in [7, 11) is 3.74. The topological polar surface area (TPSA) is 29.5 Å². The normalized spacial score (nSPS) is 12.4. The Labute approximate surface area is 123 Å². The van der Waals surface area contributed by atoms with Gasteiger partial charge < -0.3 is 4.74 Å². The van der Waals surface area contributed by atoms with Crippen LogP contribution in [0.3, 0.4) is 0 Å². The Hall–Kier alpha value is -1.65. The highest BCUT2D eigenvalue weighted by Gasteiger charge is 2.15. The van der Waals surface area contributed by atoms with Gasteiger partial charge in [0, 0.05) is 28.6 Å². The standard InChI is InChI=1S/C16H19NO2S/c1-12(16-5-4-8-20-16)17(2)10-14-9-13(11-18)6-7-15(14)19-3/h4-9,11-12H,10H2,1-3H3. The summed E-state index contributed by atoms with van der Waals surface area (Å²) < 4.78 is 5.38. The first-order valence-corrected chi connectivity index (χ1v) is 7.39. The molecule has 0 N–H and O–H groups in total. The van der Waals surface area contributed by atoms with Crippen molar-refractivity contribution in [1.82, 2.24) is 4.90 Å². The number of hydrogen-bond donors (Lipinski definition) is 0. The van der Waals surface area contributed by atoms with Crippen molar-refractivity contribution in [2.75, 3.05) is 14.2 Å². The van der Waals surface area contributed by atoms with Gasteiger partial charge in [0.15, 0.2) is 0 Å². The number of benzene rings is 1. The molecule has 0 fully saturated rings. The fraction of sp³-hybridized carbons (Fsp3) is 0.312. The fourth-order valence-corrected chi connectivity index (χ4v) is 3.00. The summed E-state index contributed by atoms with van der Waals surface area (Å²) in [5.74, 6) is 0.820. The van der Waals surface area contributed by atoms with E-state index in [0.29, 0.717) is 11.6 Å². The van der Waals surface area contributed by atoms with E-state index < -0.39 is 0 Å². The van der Waals surface area contributed by atoms with Crippen LogP contribution in [-0.4, -0.2) is 25.3 Å². The smallest absolute Gasteiger partial charge is 0.150 e. The van der Waals surface area contributed by atoms with Gasteiger partial charge in [0.25, 0.3) is 0 Å². The number of hydrogen-bond acceptors (Lipinski definition) is 4. The van der Waals surface area contributed by atoms with Gasteiger partial charge in [0.1, 0.15) is 12.0 Å². The second-order valence-corrected chi connectivity index (χ2v) is 5.77. The van der Waals surface area contributed by atoms with Crippen LogP contribution in [0, 0.1) is 0 Å². The summed E-state index contributed by atoms with van der Waals surface area (Å²) in [5.41, 5.74) is 1.71. The van der Waals surface area contributed by atoms with Crippen LogP contribution >= 0.6 is 11.3 Å². The number of rotatable bonds is 6. The molecule has 2 rings (SSSR count). The molecule has 4 heteroatoms. The predicted molar refractivity (Wildman–Crippen MR) is 82.6 cm³/mol. The number of aldehydes is 1. The van der Waals surface area contributed by atoms with Crippen molar-refractivity contribution in [2.24, 2.45) is 0 Å². The Bertz CT molecular complexity index is 566. The molecular weight excluding hydrogens is 270 g/mol. The first-order chi connectivity index (χ1) is 9.65. The molecule has 0 saturated heterocycles. The minimum atomic E-state index is 0.333. The minimum Gasteiger partial charge on any atom is -0.496 e. The SMILES string of the molecule is COc1ccc(C=O)cc1CN(C)C(C)c1cccs1. The van der Waals surface area contributed by atoms with E-state index in [0.717, 1.165) is 24.1 Å². The zero-order valence-electron chi connectivity index (χ0n) is 12.0. The molecule has 1 aromatic carbocycles. The summed E-state index contributed by atoms with van der Waals surface area (Å²) >= 11 is 1.76. The quantitative estimate of drug-likeness (QED) is 0.758. The summed E-state index contributed by atoms with van der Waals surface area (Å²) in [6, 6.07) is 10.1. The Morgan fingerprint density at radius 2 is 2.20 bits per heavy atom. The Kier molecular flexibility index (Phi) is 4.93. The molecule has 0 bridgehead atoms. The molecule has 1 atom stereocenters. The van der Waals surface area contributed by atoms with Crippen molar-refractivity contribution in [3.8, 4) is 5.75 Å². The Balaban J connectivity index is 2.18. The molecule has 0 saturated carbocycles. The van der Waals surface area contributed by atoms with Crippen molar-refractivity contribution in [2.45, 2.75) is 19.5 Å². The molecule has 1 heterocycles. The van der Waals surface area contributed by atoms with Crippen molar-refractivity contribution in [1.29, 1.82) is 0 Å². The summed E-state index contributed by atoms with van der Waals surface area (Å²) in [5, 5.41) is 2.09. The van der Waals surface area contributed by atoms with E-state index in [1.165, 1.54) is 4.88 Å². The highest BCUT2D eigenvalue weighted by Crippen LogP contribution is 2.27. The van der Waals surface area contributed by atoms with E-state index in [9.17, 15) is 4.79 Å². The van der Waals surface area contributed by atoms with Gasteiger partial charge in [0.2, 0.25) is 0 Å². The number of ether oxygens (including phenoxy) is 1. The van der Waals surface area contributed by atoms with Crippen molar-refractivity contribution < 1.29 is 9.53 Å². The van der Waals surface area contributed by atoms with Gasteiger partial charge >= 0.3 is 0 Å². The third kappa shape index (κ3) is 3.26. The van der Waals surface area contributed by atoms with Crippen molar-refractivity contribution >= 4 is 17.6 Å². The zero-order valence-corrected chi connectivity index (χ0v) is 12.8. The van der Waals surface area contributed by atoms with Crippen molar-refractivity contribution in [3.05, 3.63) is 51.7 Å². The maximum Gasteiger partial charge on any atom is 0.150 e. The maximum absolute atomic E-state index is 10.9. The molecule has 1 aromatic heterocycles. The molecule has 1 unspecified atom stereocenters. The molecule has 0 radical (unpaired) electrons. The molecule has 20 heavy (non-hydrogen) atoms. The van der Waals surface area contributed by atoms with Crippen LogP contribution in [0.1, 0.15) is 33.8 Å². The first kappa shape index (κ1) is 14.8. The van der Waals surface area contributed by atoms with E-state index in [1.54, 1.807) is 24.5 Å². The molecule has 0 aliphatic rings. The monoisotopic (exact) mass is 289 g/mol. The second kappa shape index (κ2) is 6.68. The van der Waals surface area contributed by atoms with Crippen LogP contribution in [0.5, 0.6) is 5.75 Å². The fourth-order valence-electron chi connectivity index (χ4n) is 2.15. The summed E-state index contributed by atoms with van der Waals surface area (Å²) in [6.07, 6.45) is 0.867. The number of thiophene rings is 1. The average Bonchev–Trinajstić information content (AvgIpc) is 3.00. The van der Waals surface area contributed by atoms with Crippen LogP contribution in [-0.2, 0) is 6.54 Å². The van der Waals surface area contributed by atoms with Crippen LogP contribution < -0.4 is 4.74 Å². The van der Waals surface area contributed by atoms with E-state index >= 15 is 0 Å². The van der Waals surface area contributed by atoms with E-state index in [1.807, 2.05) is 12.1 Å². The lowest BCUT2D eigenvalue weighted by Gasteiger charge is -2.24. The number of carbonyl (C=O) groups is 1. The lowest BCUT2D eigenvalue weighted by molar-refractivity contribution is 0.112. The Morgan fingerprint density at radius 1 is 1.40 bits per heavy atom. The molecule has 0 aliphatic carbocycles. The largest absolute Gasteiger partial charge is 0.496 e. The van der Waals surface area contributed by atoms with Gasteiger partial charge in [-0.15, -0.1) is 11.3 Å². The Morgan fingerprint density at radius 3 is 2.80 bits per heavy atom. The number of nitrogens with zero attached hydrogens (tertiary/aromatic N) is 1. The molecule has 3 nitrogen and oxygen atoms in total. The lowest BCUT2D eigenvalue weighted by Crippen LogP contribution is -2.21. The first-order valence-electron chi connectivity index (χ1n) is 6.51. The molecule has 106 valence electrons. The third-order valence-corrected chi connectivity index (χ3v) is 4.52. The lowest BCUT2D eigenvalue weighted by atomic mass is 10.1. The van der Waals surface area contributed by atoms with Crippen LogP contribution in [0.25, 0.3) is 0 Å². The highest BCUT2D eigenvalue weighted by molar-refractivity contribution is 7.10. The van der Waals surface area contributed by atoms with Gasteiger partial charge in [0.05, 0.1) is 7.11 Å². The molecule has 0 amide bonds. The summed E-state index contributed by atoms with van der Waals surface area (Å²) in [4.78, 5) is 14.5.